The molecule has 0 rings (SSSR count). The summed E-state index contributed by atoms with van der Waals surface area (Å²) in [5, 5.41) is 0. The predicted molar refractivity (Wildman–Crippen MR) is 23.2 cm³/mol. The van der Waals surface area contributed by atoms with Crippen LogP contribution >= 0.6 is 0 Å². The van der Waals surface area contributed by atoms with Gasteiger partial charge < -0.3 is 5.73 Å². The minimum absolute atomic E-state index is 1.50. The van der Waals surface area contributed by atoms with Gasteiger partial charge in [0.15, 0.2) is 0 Å². The Bertz CT molecular complexity index is 57.8. The Kier molecular flexibility index (Phi) is 6.88. The first-order valence-electron chi connectivity index (χ1n) is 1.36. The van der Waals surface area contributed by atoms with Crippen LogP contribution in [0.25, 0.3) is 0 Å². The fraction of sp³-hybridized carbons (Fsp3) is 1.00. The Labute approximate surface area is 46.5 Å². The number of nitrogens with two attached hydrogens (primary N) is 1. The van der Waals surface area contributed by atoms with Gasteiger partial charge in [-0.1, -0.05) is 0 Å². The molecule has 0 atom stereocenters. The van der Waals surface area contributed by atoms with Crippen molar-refractivity contribution in [2.75, 3.05) is 7.05 Å². The molecular formula is CH8NO4Sb. The minimum atomic E-state index is -5.35. The molecule has 0 bridgehead atoms. The molecule has 5 N–H and O–H groups in total. The molecule has 0 fully saturated rings. The van der Waals surface area contributed by atoms with E-state index in [1.54, 1.807) is 0 Å². The fourth-order valence-electron chi connectivity index (χ4n) is 0. The molecule has 0 amide bonds. The summed E-state index contributed by atoms with van der Waals surface area (Å²) in [4.78, 5) is 0. The molecular weight excluding hydrogens is 212 g/mol. The van der Waals surface area contributed by atoms with E-state index in [4.69, 9.17) is 13.2 Å². The van der Waals surface area contributed by atoms with Gasteiger partial charge in [-0.25, -0.2) is 0 Å². The second-order valence-electron chi connectivity index (χ2n) is 0.513. The normalized spacial score (nSPS) is 9.29. The van der Waals surface area contributed by atoms with Gasteiger partial charge in [0.2, 0.25) is 0 Å². The Morgan fingerprint density at radius 2 is 1.29 bits per heavy atom. The van der Waals surface area contributed by atoms with Crippen molar-refractivity contribution in [2.45, 2.75) is 0 Å². The van der Waals surface area contributed by atoms with Crippen LogP contribution in [0.1, 0.15) is 0 Å². The Hall–Kier alpha value is 0.458. The SMILES string of the molecule is CN.[O]=[Sb]([OH])([OH])[OH]. The van der Waals surface area contributed by atoms with Crippen molar-refractivity contribution >= 4 is 20.1 Å². The van der Waals surface area contributed by atoms with Gasteiger partial charge in [-0.05, 0) is 7.05 Å². The van der Waals surface area contributed by atoms with E-state index in [0.29, 0.717) is 0 Å². The monoisotopic (exact) mass is 219 g/mol. The van der Waals surface area contributed by atoms with Gasteiger partial charge in [0, 0.05) is 0 Å². The molecule has 0 aliphatic carbocycles. The van der Waals surface area contributed by atoms with E-state index in [9.17, 15) is 0 Å². The zero-order chi connectivity index (χ0) is 6.50. The second-order valence-corrected chi connectivity index (χ2v) is 3.44. The summed E-state index contributed by atoms with van der Waals surface area (Å²) < 4.78 is 30.8. The average Bonchev–Trinajstić information content (AvgIpc) is 1.36. The number of hydrogen-bond acceptors (Lipinski definition) is 2. The van der Waals surface area contributed by atoms with E-state index in [0.717, 1.165) is 0 Å². The van der Waals surface area contributed by atoms with Crippen LogP contribution in [0.3, 0.4) is 0 Å². The van der Waals surface area contributed by atoms with Gasteiger partial charge in [0.25, 0.3) is 0 Å². The zero-order valence-corrected chi connectivity index (χ0v) is 6.33. The van der Waals surface area contributed by atoms with Crippen LogP contribution in [0.2, 0.25) is 0 Å². The molecule has 0 aromatic rings. The second kappa shape index (κ2) is 4.61. The molecule has 0 saturated carbocycles. The molecule has 0 aromatic heterocycles. The number of hydrogen-bond donors (Lipinski definition) is 4. The Balaban J connectivity index is 0. The van der Waals surface area contributed by atoms with Crippen LogP contribution in [0.5, 0.6) is 0 Å². The van der Waals surface area contributed by atoms with E-state index in [-0.39, 0.29) is 0 Å². The van der Waals surface area contributed by atoms with E-state index >= 15 is 0 Å². The topological polar surface area (TPSA) is 104 Å². The van der Waals surface area contributed by atoms with Crippen molar-refractivity contribution in [3.8, 4) is 0 Å². The van der Waals surface area contributed by atoms with Gasteiger partial charge in [-0.2, -0.15) is 0 Å². The molecule has 0 radical (unpaired) electrons. The van der Waals surface area contributed by atoms with E-state index in [1.165, 1.54) is 7.05 Å². The molecule has 0 heterocycles. The van der Waals surface area contributed by atoms with E-state index < -0.39 is 20.1 Å². The van der Waals surface area contributed by atoms with Crippen LogP contribution in [0, 0.1) is 0 Å². The van der Waals surface area contributed by atoms with Crippen LogP contribution < -0.4 is 5.73 Å². The third-order valence-corrected chi connectivity index (χ3v) is 0. The first-order valence-corrected chi connectivity index (χ1v) is 5.83. The zero-order valence-electron chi connectivity index (χ0n) is 3.77. The van der Waals surface area contributed by atoms with Gasteiger partial charge in [-0.3, -0.25) is 0 Å². The van der Waals surface area contributed by atoms with Crippen molar-refractivity contribution < 1.29 is 13.2 Å². The molecule has 46 valence electrons. The third kappa shape index (κ3) is 611. The number of rotatable bonds is 0. The van der Waals surface area contributed by atoms with Gasteiger partial charge in [0.05, 0.1) is 0 Å². The molecule has 0 unspecified atom stereocenters. The van der Waals surface area contributed by atoms with Crippen LogP contribution in [0.15, 0.2) is 0 Å². The molecule has 0 saturated heterocycles. The van der Waals surface area contributed by atoms with Crippen molar-refractivity contribution in [3.05, 3.63) is 0 Å². The van der Waals surface area contributed by atoms with E-state index in [1.807, 2.05) is 0 Å². The van der Waals surface area contributed by atoms with Gasteiger partial charge in [-0.15, -0.1) is 0 Å². The maximum absolute atomic E-state index is 8.97. The first kappa shape index (κ1) is 10.4. The third-order valence-electron chi connectivity index (χ3n) is 0. The summed E-state index contributed by atoms with van der Waals surface area (Å²) in [5.74, 6) is 0. The summed E-state index contributed by atoms with van der Waals surface area (Å²) in [6, 6.07) is 0. The van der Waals surface area contributed by atoms with Crippen LogP contribution in [-0.2, 0) is 3.02 Å². The maximum atomic E-state index is 8.97. The Morgan fingerprint density at radius 3 is 1.29 bits per heavy atom. The van der Waals surface area contributed by atoms with Crippen LogP contribution in [-0.4, -0.2) is 37.3 Å². The van der Waals surface area contributed by atoms with Crippen LogP contribution in [0.4, 0.5) is 0 Å². The van der Waals surface area contributed by atoms with Gasteiger partial charge in [0.1, 0.15) is 0 Å². The fourth-order valence-corrected chi connectivity index (χ4v) is 0. The van der Waals surface area contributed by atoms with Crippen molar-refractivity contribution in [2.24, 2.45) is 5.73 Å². The van der Waals surface area contributed by atoms with Crippen molar-refractivity contribution in [1.82, 2.24) is 0 Å². The summed E-state index contributed by atoms with van der Waals surface area (Å²) >= 11 is -5.35. The molecule has 0 spiro atoms. The van der Waals surface area contributed by atoms with E-state index in [2.05, 4.69) is 5.73 Å². The molecule has 5 nitrogen and oxygen atoms in total. The van der Waals surface area contributed by atoms with Crippen molar-refractivity contribution in [3.63, 3.8) is 0 Å². The average molecular weight is 220 g/mol. The standard InChI is InChI=1S/CH5N.3H2O.O.Sb/c1-2;;;;;/h2H2,1H3;3*1H2;;/q;;;;;+3/p-3. The first-order chi connectivity index (χ1) is 3.00. The summed E-state index contributed by atoms with van der Waals surface area (Å²) in [7, 11) is 1.50. The molecule has 6 heteroatoms. The molecule has 0 aromatic carbocycles. The summed E-state index contributed by atoms with van der Waals surface area (Å²) in [5.41, 5.74) is 4.50. The summed E-state index contributed by atoms with van der Waals surface area (Å²) in [6.45, 7) is 0. The molecule has 7 heavy (non-hydrogen) atoms. The summed E-state index contributed by atoms with van der Waals surface area (Å²) in [6.07, 6.45) is 0. The quantitative estimate of drug-likeness (QED) is 0.335. The molecule has 0 aliphatic heterocycles. The Morgan fingerprint density at radius 1 is 1.29 bits per heavy atom. The molecule has 0 aliphatic rings. The van der Waals surface area contributed by atoms with Crippen molar-refractivity contribution in [1.29, 1.82) is 0 Å². The van der Waals surface area contributed by atoms with Gasteiger partial charge >= 0.3 is 33.2 Å². The predicted octanol–water partition coefficient (Wildman–Crippen LogP) is -2.60.